The summed E-state index contributed by atoms with van der Waals surface area (Å²) in [4.78, 5) is 24.4. The molecule has 0 amide bonds. The van der Waals surface area contributed by atoms with Crippen molar-refractivity contribution in [3.05, 3.63) is 94.5 Å². The van der Waals surface area contributed by atoms with Gasteiger partial charge in [-0.05, 0) is 86.0 Å². The molecule has 3 aromatic carbocycles. The summed E-state index contributed by atoms with van der Waals surface area (Å²) in [5.74, 6) is 0.353. The molecule has 0 aliphatic rings. The van der Waals surface area contributed by atoms with E-state index in [0.717, 1.165) is 29.9 Å². The van der Waals surface area contributed by atoms with Gasteiger partial charge in [0.1, 0.15) is 17.2 Å². The highest BCUT2D eigenvalue weighted by Gasteiger charge is 2.14. The molecule has 0 spiro atoms. The summed E-state index contributed by atoms with van der Waals surface area (Å²) in [6.45, 7) is 3.08. The third kappa shape index (κ3) is 8.19. The van der Waals surface area contributed by atoms with Crippen LogP contribution in [0.4, 0.5) is 0 Å². The van der Waals surface area contributed by atoms with Gasteiger partial charge in [-0.15, -0.1) is 0 Å². The maximum absolute atomic E-state index is 12.5. The SMILES string of the molecule is CCOC(=O)c1ccc(O)c(C(=O)/C=C/c2ccc(OCCCCOc3ccc(Cl)cc3)cc2)c1. The Morgan fingerprint density at radius 3 is 2.09 bits per heavy atom. The van der Waals surface area contributed by atoms with E-state index in [4.69, 9.17) is 25.8 Å². The smallest absolute Gasteiger partial charge is 0.338 e. The van der Waals surface area contributed by atoms with Crippen molar-refractivity contribution in [2.45, 2.75) is 19.8 Å². The molecule has 0 aliphatic carbocycles. The van der Waals surface area contributed by atoms with Gasteiger partial charge >= 0.3 is 5.97 Å². The third-order valence-corrected chi connectivity index (χ3v) is 5.22. The Morgan fingerprint density at radius 2 is 1.49 bits per heavy atom. The number of halogens is 1. The van der Waals surface area contributed by atoms with Crippen molar-refractivity contribution in [1.82, 2.24) is 0 Å². The molecule has 3 rings (SSSR count). The van der Waals surface area contributed by atoms with Crippen LogP contribution in [0.25, 0.3) is 6.08 Å². The Labute approximate surface area is 209 Å². The molecule has 0 saturated heterocycles. The van der Waals surface area contributed by atoms with Crippen molar-refractivity contribution >= 4 is 29.4 Å². The number of phenols is 1. The van der Waals surface area contributed by atoms with Gasteiger partial charge in [0.05, 0.1) is 30.9 Å². The molecule has 0 bridgehead atoms. The van der Waals surface area contributed by atoms with E-state index in [1.165, 1.54) is 24.3 Å². The molecular weight excluding hydrogens is 468 g/mol. The number of carbonyl (C=O) groups is 2. The second kappa shape index (κ2) is 13.2. The van der Waals surface area contributed by atoms with E-state index < -0.39 is 11.8 Å². The molecule has 0 atom stereocenters. The Morgan fingerprint density at radius 1 is 0.886 bits per heavy atom. The van der Waals surface area contributed by atoms with Crippen LogP contribution in [0.5, 0.6) is 17.2 Å². The van der Waals surface area contributed by atoms with Crippen LogP contribution in [0.2, 0.25) is 5.02 Å². The van der Waals surface area contributed by atoms with Gasteiger partial charge in [-0.3, -0.25) is 4.79 Å². The Kier molecular flexibility index (Phi) is 9.75. The Bertz CT molecular complexity index is 1150. The van der Waals surface area contributed by atoms with Gasteiger partial charge in [-0.2, -0.15) is 0 Å². The zero-order chi connectivity index (χ0) is 25.0. The fourth-order valence-corrected chi connectivity index (χ4v) is 3.25. The standard InChI is InChI=1S/C28H27ClO6/c1-2-33-28(32)21-8-16-27(31)25(19-21)26(30)15-7-20-5-11-23(12-6-20)34-17-3-4-18-35-24-13-9-22(29)10-14-24/h5-16,19,31H,2-4,17-18H2,1H3/b15-7+. The van der Waals surface area contributed by atoms with Gasteiger partial charge < -0.3 is 19.3 Å². The number of hydrogen-bond acceptors (Lipinski definition) is 6. The third-order valence-electron chi connectivity index (χ3n) is 4.97. The number of benzene rings is 3. The van der Waals surface area contributed by atoms with Crippen LogP contribution >= 0.6 is 11.6 Å². The molecule has 1 N–H and O–H groups in total. The molecule has 3 aromatic rings. The van der Waals surface area contributed by atoms with E-state index >= 15 is 0 Å². The first-order valence-corrected chi connectivity index (χ1v) is 11.7. The van der Waals surface area contributed by atoms with E-state index in [0.29, 0.717) is 18.2 Å². The maximum Gasteiger partial charge on any atom is 0.338 e. The molecule has 0 saturated carbocycles. The molecular formula is C28H27ClO6. The average Bonchev–Trinajstić information content (AvgIpc) is 2.87. The van der Waals surface area contributed by atoms with Crippen molar-refractivity contribution in [2.24, 2.45) is 0 Å². The minimum absolute atomic E-state index is 0.0341. The van der Waals surface area contributed by atoms with Gasteiger partial charge in [0, 0.05) is 5.02 Å². The van der Waals surface area contributed by atoms with Crippen LogP contribution in [-0.2, 0) is 4.74 Å². The first kappa shape index (κ1) is 25.8. The number of aromatic hydroxyl groups is 1. The number of esters is 1. The van der Waals surface area contributed by atoms with Crippen molar-refractivity contribution in [3.63, 3.8) is 0 Å². The highest BCUT2D eigenvalue weighted by atomic mass is 35.5. The summed E-state index contributed by atoms with van der Waals surface area (Å²) in [6, 6.07) is 18.6. The molecule has 0 aromatic heterocycles. The number of unbranched alkanes of at least 4 members (excludes halogenated alkanes) is 1. The second-order valence-electron chi connectivity index (χ2n) is 7.58. The fraction of sp³-hybridized carbons (Fsp3) is 0.214. The molecule has 0 radical (unpaired) electrons. The van der Waals surface area contributed by atoms with E-state index in [9.17, 15) is 14.7 Å². The summed E-state index contributed by atoms with van der Waals surface area (Å²) in [7, 11) is 0. The summed E-state index contributed by atoms with van der Waals surface area (Å²) in [5, 5.41) is 10.7. The molecule has 0 aliphatic heterocycles. The average molecular weight is 495 g/mol. The Hall–Kier alpha value is -3.77. The largest absolute Gasteiger partial charge is 0.507 e. The van der Waals surface area contributed by atoms with Gasteiger partial charge in [0.25, 0.3) is 0 Å². The van der Waals surface area contributed by atoms with Crippen molar-refractivity contribution in [3.8, 4) is 17.2 Å². The van der Waals surface area contributed by atoms with Crippen LogP contribution in [0.15, 0.2) is 72.8 Å². The van der Waals surface area contributed by atoms with E-state index in [-0.39, 0.29) is 23.5 Å². The lowest BCUT2D eigenvalue weighted by atomic mass is 10.0. The number of carbonyl (C=O) groups excluding carboxylic acids is 2. The minimum Gasteiger partial charge on any atom is -0.507 e. The quantitative estimate of drug-likeness (QED) is 0.137. The molecule has 182 valence electrons. The predicted molar refractivity (Wildman–Crippen MR) is 136 cm³/mol. The van der Waals surface area contributed by atoms with Crippen molar-refractivity contribution in [1.29, 1.82) is 0 Å². The highest BCUT2D eigenvalue weighted by molar-refractivity contribution is 6.30. The predicted octanol–water partition coefficient (Wildman–Crippen LogP) is 6.36. The lowest BCUT2D eigenvalue weighted by Gasteiger charge is -2.08. The summed E-state index contributed by atoms with van der Waals surface area (Å²) in [5.41, 5.74) is 1.04. The zero-order valence-electron chi connectivity index (χ0n) is 19.4. The molecule has 0 heterocycles. The monoisotopic (exact) mass is 494 g/mol. The van der Waals surface area contributed by atoms with Gasteiger partial charge in [-0.1, -0.05) is 29.8 Å². The van der Waals surface area contributed by atoms with Crippen molar-refractivity contribution < 1.29 is 28.9 Å². The van der Waals surface area contributed by atoms with Crippen LogP contribution in [0.3, 0.4) is 0 Å². The van der Waals surface area contributed by atoms with Crippen LogP contribution in [0, 0.1) is 0 Å². The minimum atomic E-state index is -0.546. The van der Waals surface area contributed by atoms with Gasteiger partial charge in [-0.25, -0.2) is 4.79 Å². The van der Waals surface area contributed by atoms with Crippen LogP contribution in [-0.4, -0.2) is 36.7 Å². The van der Waals surface area contributed by atoms with Crippen LogP contribution in [0.1, 0.15) is 46.0 Å². The van der Waals surface area contributed by atoms with E-state index in [2.05, 4.69) is 0 Å². The first-order chi connectivity index (χ1) is 17.0. The van der Waals surface area contributed by atoms with E-state index in [1.54, 1.807) is 25.1 Å². The first-order valence-electron chi connectivity index (χ1n) is 11.3. The lowest BCUT2D eigenvalue weighted by Crippen LogP contribution is -2.06. The number of ketones is 1. The van der Waals surface area contributed by atoms with Gasteiger partial charge in [0.15, 0.2) is 5.78 Å². The zero-order valence-corrected chi connectivity index (χ0v) is 20.2. The number of allylic oxidation sites excluding steroid dienone is 1. The summed E-state index contributed by atoms with van der Waals surface area (Å²) in [6.07, 6.45) is 4.69. The Balaban J connectivity index is 1.44. The normalized spacial score (nSPS) is 10.8. The number of hydrogen-bond donors (Lipinski definition) is 1. The lowest BCUT2D eigenvalue weighted by molar-refractivity contribution is 0.0526. The number of phenolic OH excluding ortho intramolecular Hbond substituents is 1. The topological polar surface area (TPSA) is 82.1 Å². The van der Waals surface area contributed by atoms with E-state index in [1.807, 2.05) is 36.4 Å². The number of ether oxygens (including phenoxy) is 3. The highest BCUT2D eigenvalue weighted by Crippen LogP contribution is 2.21. The van der Waals surface area contributed by atoms with Crippen molar-refractivity contribution in [2.75, 3.05) is 19.8 Å². The molecule has 7 heteroatoms. The summed E-state index contributed by atoms with van der Waals surface area (Å²) < 4.78 is 16.3. The summed E-state index contributed by atoms with van der Waals surface area (Å²) >= 11 is 5.85. The molecule has 35 heavy (non-hydrogen) atoms. The molecule has 0 fully saturated rings. The number of rotatable bonds is 12. The molecule has 0 unspecified atom stereocenters. The fourth-order valence-electron chi connectivity index (χ4n) is 3.13. The molecule has 6 nitrogen and oxygen atoms in total. The maximum atomic E-state index is 12.5. The van der Waals surface area contributed by atoms with Crippen LogP contribution < -0.4 is 9.47 Å². The second-order valence-corrected chi connectivity index (χ2v) is 8.01. The van der Waals surface area contributed by atoms with Gasteiger partial charge in [0.2, 0.25) is 0 Å².